The Morgan fingerprint density at radius 3 is 2.64 bits per heavy atom. The normalized spacial score (nSPS) is 27.5. The summed E-state index contributed by atoms with van der Waals surface area (Å²) in [4.78, 5) is 8.30. The number of aromatic nitrogens is 2. The number of nitrogens with zero attached hydrogens (tertiary/aromatic N) is 2. The third-order valence-electron chi connectivity index (χ3n) is 2.47. The fourth-order valence-electron chi connectivity index (χ4n) is 1.70. The summed E-state index contributed by atoms with van der Waals surface area (Å²) in [5.74, 6) is 0. The van der Waals surface area contributed by atoms with Gasteiger partial charge in [0.05, 0.1) is 6.10 Å². The molecule has 2 rings (SSSR count). The van der Waals surface area contributed by atoms with E-state index in [0.717, 1.165) is 24.4 Å². The molecule has 4 heteroatoms. The van der Waals surface area contributed by atoms with Crippen molar-refractivity contribution in [3.8, 4) is 0 Å². The van der Waals surface area contributed by atoms with Gasteiger partial charge in [-0.15, -0.1) is 0 Å². The summed E-state index contributed by atoms with van der Waals surface area (Å²) in [6, 6.07) is 1.81. The first-order valence-electron chi connectivity index (χ1n) is 4.98. The zero-order chi connectivity index (χ0) is 9.80. The van der Waals surface area contributed by atoms with Gasteiger partial charge < -0.3 is 5.11 Å². The van der Waals surface area contributed by atoms with E-state index in [9.17, 15) is 5.11 Å². The molecule has 1 saturated carbocycles. The van der Waals surface area contributed by atoms with E-state index in [0.29, 0.717) is 0 Å². The minimum absolute atomic E-state index is 0.183. The summed E-state index contributed by atoms with van der Waals surface area (Å²) in [5, 5.41) is 10.8. The van der Waals surface area contributed by atoms with Crippen molar-refractivity contribution in [1.29, 1.82) is 0 Å². The first kappa shape index (κ1) is 9.93. The van der Waals surface area contributed by atoms with Gasteiger partial charge in [0.2, 0.25) is 0 Å². The average Bonchev–Trinajstić information content (AvgIpc) is 2.23. The number of hydrogen-bond acceptors (Lipinski definition) is 4. The Hall–Kier alpha value is -0.610. The van der Waals surface area contributed by atoms with Crippen LogP contribution in [0.1, 0.15) is 25.7 Å². The molecule has 1 aromatic rings. The van der Waals surface area contributed by atoms with Crippen LogP contribution < -0.4 is 0 Å². The molecule has 0 aliphatic heterocycles. The summed E-state index contributed by atoms with van der Waals surface area (Å²) < 4.78 is 0. The topological polar surface area (TPSA) is 46.0 Å². The molecule has 0 amide bonds. The fourth-order valence-corrected chi connectivity index (χ4v) is 2.79. The molecule has 0 radical (unpaired) electrons. The van der Waals surface area contributed by atoms with E-state index in [4.69, 9.17) is 0 Å². The van der Waals surface area contributed by atoms with Gasteiger partial charge in [-0.1, -0.05) is 24.6 Å². The second kappa shape index (κ2) is 4.75. The molecule has 2 atom stereocenters. The van der Waals surface area contributed by atoms with Gasteiger partial charge >= 0.3 is 0 Å². The Kier molecular flexibility index (Phi) is 3.37. The highest BCUT2D eigenvalue weighted by Crippen LogP contribution is 2.31. The van der Waals surface area contributed by atoms with Gasteiger partial charge in [-0.25, -0.2) is 9.97 Å². The van der Waals surface area contributed by atoms with Crippen LogP contribution in [0.3, 0.4) is 0 Å². The Morgan fingerprint density at radius 2 is 1.93 bits per heavy atom. The molecule has 1 heterocycles. The molecule has 0 bridgehead atoms. The van der Waals surface area contributed by atoms with Crippen molar-refractivity contribution >= 4 is 11.8 Å². The van der Waals surface area contributed by atoms with Crippen LogP contribution in [0.15, 0.2) is 23.6 Å². The quantitative estimate of drug-likeness (QED) is 0.757. The predicted molar refractivity (Wildman–Crippen MR) is 56.2 cm³/mol. The zero-order valence-electron chi connectivity index (χ0n) is 7.97. The second-order valence-electron chi connectivity index (χ2n) is 3.54. The molecule has 0 spiro atoms. The molecular weight excluding hydrogens is 196 g/mol. The minimum atomic E-state index is -0.183. The largest absolute Gasteiger partial charge is 0.392 e. The lowest BCUT2D eigenvalue weighted by atomic mass is 9.97. The monoisotopic (exact) mass is 210 g/mol. The van der Waals surface area contributed by atoms with Crippen molar-refractivity contribution < 1.29 is 5.11 Å². The zero-order valence-corrected chi connectivity index (χ0v) is 8.78. The van der Waals surface area contributed by atoms with Gasteiger partial charge in [0, 0.05) is 17.6 Å². The maximum Gasteiger partial charge on any atom is 0.187 e. The van der Waals surface area contributed by atoms with E-state index in [1.165, 1.54) is 6.42 Å². The van der Waals surface area contributed by atoms with Crippen LogP contribution >= 0.6 is 11.8 Å². The van der Waals surface area contributed by atoms with Crippen LogP contribution in [0.5, 0.6) is 0 Å². The SMILES string of the molecule is O[C@@H]1CCCC[C@H]1Sc1ncccn1. The van der Waals surface area contributed by atoms with E-state index in [1.54, 1.807) is 30.2 Å². The first-order valence-corrected chi connectivity index (χ1v) is 5.86. The Labute approximate surface area is 88.0 Å². The Morgan fingerprint density at radius 1 is 1.21 bits per heavy atom. The third kappa shape index (κ3) is 2.45. The van der Waals surface area contributed by atoms with Gasteiger partial charge in [0.1, 0.15) is 0 Å². The highest BCUT2D eigenvalue weighted by atomic mass is 32.2. The summed E-state index contributed by atoms with van der Waals surface area (Å²) in [5.41, 5.74) is 0. The summed E-state index contributed by atoms with van der Waals surface area (Å²) in [7, 11) is 0. The molecule has 1 aromatic heterocycles. The average molecular weight is 210 g/mol. The number of aliphatic hydroxyl groups excluding tert-OH is 1. The van der Waals surface area contributed by atoms with Crippen LogP contribution in [0.2, 0.25) is 0 Å². The van der Waals surface area contributed by atoms with Crippen molar-refractivity contribution in [2.24, 2.45) is 0 Å². The molecule has 1 aliphatic rings. The van der Waals surface area contributed by atoms with Crippen molar-refractivity contribution in [1.82, 2.24) is 9.97 Å². The lowest BCUT2D eigenvalue weighted by Crippen LogP contribution is -2.26. The standard InChI is InChI=1S/C10H14N2OS/c13-8-4-1-2-5-9(8)14-10-11-6-3-7-12-10/h3,6-9,13H,1-2,4-5H2/t8-,9-/m1/s1. The molecule has 1 fully saturated rings. The predicted octanol–water partition coefficient (Wildman–Crippen LogP) is 1.87. The van der Waals surface area contributed by atoms with Crippen molar-refractivity contribution in [2.45, 2.75) is 42.2 Å². The van der Waals surface area contributed by atoms with Gasteiger partial charge in [0.15, 0.2) is 5.16 Å². The number of thioether (sulfide) groups is 1. The highest BCUT2D eigenvalue weighted by Gasteiger charge is 2.24. The fraction of sp³-hybridized carbons (Fsp3) is 0.600. The van der Waals surface area contributed by atoms with Gasteiger partial charge in [-0.2, -0.15) is 0 Å². The van der Waals surface area contributed by atoms with Crippen LogP contribution in [0.4, 0.5) is 0 Å². The molecule has 0 saturated heterocycles. The summed E-state index contributed by atoms with van der Waals surface area (Å²) >= 11 is 1.60. The molecule has 76 valence electrons. The molecule has 1 N–H and O–H groups in total. The van der Waals surface area contributed by atoms with E-state index < -0.39 is 0 Å². The van der Waals surface area contributed by atoms with Crippen molar-refractivity contribution in [3.05, 3.63) is 18.5 Å². The maximum atomic E-state index is 9.75. The molecular formula is C10H14N2OS. The Balaban J connectivity index is 1.96. The summed E-state index contributed by atoms with van der Waals surface area (Å²) in [6.07, 6.45) is 7.65. The molecule has 0 aromatic carbocycles. The smallest absolute Gasteiger partial charge is 0.187 e. The lowest BCUT2D eigenvalue weighted by Gasteiger charge is -2.25. The molecule has 1 aliphatic carbocycles. The minimum Gasteiger partial charge on any atom is -0.392 e. The molecule has 3 nitrogen and oxygen atoms in total. The van der Waals surface area contributed by atoms with E-state index in [1.807, 2.05) is 0 Å². The van der Waals surface area contributed by atoms with Crippen LogP contribution in [-0.2, 0) is 0 Å². The molecule has 14 heavy (non-hydrogen) atoms. The second-order valence-corrected chi connectivity index (χ2v) is 4.75. The van der Waals surface area contributed by atoms with Crippen LogP contribution in [-0.4, -0.2) is 26.4 Å². The third-order valence-corrected chi connectivity index (χ3v) is 3.74. The van der Waals surface area contributed by atoms with E-state index in [-0.39, 0.29) is 11.4 Å². The summed E-state index contributed by atoms with van der Waals surface area (Å²) in [6.45, 7) is 0. The van der Waals surface area contributed by atoms with Gasteiger partial charge in [0.25, 0.3) is 0 Å². The van der Waals surface area contributed by atoms with Crippen molar-refractivity contribution in [3.63, 3.8) is 0 Å². The number of aliphatic hydroxyl groups is 1. The van der Waals surface area contributed by atoms with Crippen molar-refractivity contribution in [2.75, 3.05) is 0 Å². The Bertz CT molecular complexity index is 281. The lowest BCUT2D eigenvalue weighted by molar-refractivity contribution is 0.137. The van der Waals surface area contributed by atoms with Gasteiger partial charge in [-0.3, -0.25) is 0 Å². The van der Waals surface area contributed by atoms with Crippen LogP contribution in [0.25, 0.3) is 0 Å². The van der Waals surface area contributed by atoms with Crippen LogP contribution in [0, 0.1) is 0 Å². The number of rotatable bonds is 2. The highest BCUT2D eigenvalue weighted by molar-refractivity contribution is 7.99. The maximum absolute atomic E-state index is 9.75. The van der Waals surface area contributed by atoms with Gasteiger partial charge in [-0.05, 0) is 18.9 Å². The molecule has 0 unspecified atom stereocenters. The first-order chi connectivity index (χ1) is 6.86. The number of hydrogen-bond donors (Lipinski definition) is 1. The van der Waals surface area contributed by atoms with E-state index in [2.05, 4.69) is 9.97 Å². The van der Waals surface area contributed by atoms with E-state index >= 15 is 0 Å².